The summed E-state index contributed by atoms with van der Waals surface area (Å²) in [7, 11) is 1.48. The van der Waals surface area contributed by atoms with Crippen molar-refractivity contribution in [3.8, 4) is 0 Å². The highest BCUT2D eigenvalue weighted by Gasteiger charge is 2.27. The number of likely N-dealkylation sites (N-methyl/N-ethyl adjacent to an activating group) is 1. The topological polar surface area (TPSA) is 108 Å². The summed E-state index contributed by atoms with van der Waals surface area (Å²) in [6.45, 7) is 4.43. The van der Waals surface area contributed by atoms with Gasteiger partial charge in [-0.1, -0.05) is 262 Å². The Hall–Kier alpha value is -1.77. The van der Waals surface area contributed by atoms with E-state index in [0.29, 0.717) is 23.9 Å². The van der Waals surface area contributed by atoms with Crippen LogP contribution in [-0.4, -0.2) is 74.9 Å². The second-order valence-electron chi connectivity index (χ2n) is 21.7. The Morgan fingerprint density at radius 2 is 0.761 bits per heavy atom. The van der Waals surface area contributed by atoms with Gasteiger partial charge in [-0.2, -0.15) is 0 Å². The molecule has 71 heavy (non-hydrogen) atoms. The van der Waals surface area contributed by atoms with Gasteiger partial charge in [0.05, 0.1) is 27.7 Å². The van der Waals surface area contributed by atoms with Crippen molar-refractivity contribution in [1.29, 1.82) is 0 Å². The number of rotatable bonds is 56. The molecular formula is C61H117NO8P+. The van der Waals surface area contributed by atoms with Gasteiger partial charge < -0.3 is 18.9 Å². The van der Waals surface area contributed by atoms with Gasteiger partial charge in [0.1, 0.15) is 19.8 Å². The first-order chi connectivity index (χ1) is 34.5. The Labute approximate surface area is 440 Å². The zero-order valence-electron chi connectivity index (χ0n) is 47.5. The van der Waals surface area contributed by atoms with Crippen LogP contribution in [0.4, 0.5) is 0 Å². The quantitative estimate of drug-likeness (QED) is 0.0211. The van der Waals surface area contributed by atoms with Crippen LogP contribution in [0, 0.1) is 0 Å². The average Bonchev–Trinajstić information content (AvgIpc) is 3.33. The number of unbranched alkanes of at least 4 members (excludes halogenated alkanes) is 36. The number of esters is 2. The average molecular weight is 1020 g/mol. The standard InChI is InChI=1S/C61H116NO8P/c1-6-8-10-12-14-16-18-20-22-24-26-27-28-29-30-31-32-33-34-36-37-39-41-43-45-47-49-51-53-60(63)67-57-59(58-69-71(65,66)68-56-55-62(3,4)5)70-61(64)54-52-50-48-46-44-42-40-38-35-25-23-21-19-17-15-13-11-9-7-2/h15,17,21,23,35,38,59H,6-14,16,18-20,22,24-34,36-37,39-58H2,1-5H3/p+1/b17-15-,23-21-,38-35-. The minimum Gasteiger partial charge on any atom is -0.462 e. The molecule has 0 aromatic heterocycles. The number of allylic oxidation sites excluding steroid dienone is 6. The van der Waals surface area contributed by atoms with E-state index in [1.54, 1.807) is 0 Å². The minimum absolute atomic E-state index is 0.0300. The van der Waals surface area contributed by atoms with E-state index < -0.39 is 26.5 Å². The second-order valence-corrected chi connectivity index (χ2v) is 23.2. The van der Waals surface area contributed by atoms with E-state index in [0.717, 1.165) is 70.6 Å². The van der Waals surface area contributed by atoms with Crippen molar-refractivity contribution >= 4 is 19.8 Å². The van der Waals surface area contributed by atoms with E-state index in [4.69, 9.17) is 18.5 Å². The smallest absolute Gasteiger partial charge is 0.462 e. The van der Waals surface area contributed by atoms with Gasteiger partial charge in [0.25, 0.3) is 0 Å². The van der Waals surface area contributed by atoms with Crippen molar-refractivity contribution in [2.75, 3.05) is 47.5 Å². The van der Waals surface area contributed by atoms with E-state index in [1.807, 2.05) is 21.1 Å². The van der Waals surface area contributed by atoms with Gasteiger partial charge in [-0.3, -0.25) is 18.6 Å². The summed E-state index contributed by atoms with van der Waals surface area (Å²) in [6, 6.07) is 0. The van der Waals surface area contributed by atoms with Crippen LogP contribution in [0.3, 0.4) is 0 Å². The lowest BCUT2D eigenvalue weighted by atomic mass is 10.0. The predicted molar refractivity (Wildman–Crippen MR) is 303 cm³/mol. The van der Waals surface area contributed by atoms with Crippen LogP contribution in [0.15, 0.2) is 36.5 Å². The van der Waals surface area contributed by atoms with E-state index in [2.05, 4.69) is 50.3 Å². The molecule has 0 bridgehead atoms. The van der Waals surface area contributed by atoms with Gasteiger partial charge >= 0.3 is 19.8 Å². The molecule has 418 valence electrons. The molecule has 2 atom stereocenters. The number of hydrogen-bond acceptors (Lipinski definition) is 7. The summed E-state index contributed by atoms with van der Waals surface area (Å²) in [4.78, 5) is 35.7. The van der Waals surface area contributed by atoms with Crippen molar-refractivity contribution in [3.63, 3.8) is 0 Å². The number of carbonyl (C=O) groups is 2. The Bertz CT molecular complexity index is 1300. The van der Waals surface area contributed by atoms with Crippen molar-refractivity contribution < 1.29 is 42.1 Å². The lowest BCUT2D eigenvalue weighted by Crippen LogP contribution is -2.37. The molecule has 0 saturated heterocycles. The Balaban J connectivity index is 4.08. The Morgan fingerprint density at radius 1 is 0.437 bits per heavy atom. The van der Waals surface area contributed by atoms with Crippen molar-refractivity contribution in [1.82, 2.24) is 0 Å². The van der Waals surface area contributed by atoms with Crippen LogP contribution >= 0.6 is 7.82 Å². The monoisotopic (exact) mass is 1020 g/mol. The van der Waals surface area contributed by atoms with Crippen LogP contribution in [0.2, 0.25) is 0 Å². The summed E-state index contributed by atoms with van der Waals surface area (Å²) in [5.41, 5.74) is 0. The zero-order chi connectivity index (χ0) is 52.0. The number of nitrogens with zero attached hydrogens (tertiary/aromatic N) is 1. The maximum atomic E-state index is 12.8. The molecule has 2 unspecified atom stereocenters. The van der Waals surface area contributed by atoms with Gasteiger partial charge in [-0.15, -0.1) is 0 Å². The van der Waals surface area contributed by atoms with Gasteiger partial charge in [-0.05, 0) is 51.4 Å². The largest absolute Gasteiger partial charge is 0.472 e. The van der Waals surface area contributed by atoms with Gasteiger partial charge in [0.2, 0.25) is 0 Å². The van der Waals surface area contributed by atoms with E-state index in [-0.39, 0.29) is 25.6 Å². The number of ether oxygens (including phenoxy) is 2. The van der Waals surface area contributed by atoms with Gasteiger partial charge in [0, 0.05) is 12.8 Å². The number of phosphoric acid groups is 1. The Morgan fingerprint density at radius 3 is 1.15 bits per heavy atom. The van der Waals surface area contributed by atoms with Crippen LogP contribution in [0.5, 0.6) is 0 Å². The molecule has 9 nitrogen and oxygen atoms in total. The number of phosphoric ester groups is 1. The van der Waals surface area contributed by atoms with Crippen LogP contribution in [0.25, 0.3) is 0 Å². The molecule has 0 radical (unpaired) electrons. The van der Waals surface area contributed by atoms with Crippen molar-refractivity contribution in [2.24, 2.45) is 0 Å². The molecule has 0 amide bonds. The van der Waals surface area contributed by atoms with E-state index in [9.17, 15) is 19.0 Å². The molecule has 0 aliphatic carbocycles. The van der Waals surface area contributed by atoms with Crippen LogP contribution in [0.1, 0.15) is 290 Å². The molecule has 0 heterocycles. The fourth-order valence-electron chi connectivity index (χ4n) is 8.73. The molecule has 0 aliphatic heterocycles. The first-order valence-corrected chi connectivity index (χ1v) is 31.7. The summed E-state index contributed by atoms with van der Waals surface area (Å²) >= 11 is 0. The maximum Gasteiger partial charge on any atom is 0.472 e. The summed E-state index contributed by atoms with van der Waals surface area (Å²) in [5, 5.41) is 0. The van der Waals surface area contributed by atoms with Gasteiger partial charge in [0.15, 0.2) is 6.10 Å². The number of quaternary nitrogens is 1. The normalized spacial score (nSPS) is 13.5. The van der Waals surface area contributed by atoms with Crippen LogP contribution < -0.4 is 0 Å². The molecular weight excluding hydrogens is 906 g/mol. The third kappa shape index (κ3) is 57.4. The molecule has 0 saturated carbocycles. The van der Waals surface area contributed by atoms with E-state index >= 15 is 0 Å². The molecule has 0 aliphatic rings. The highest BCUT2D eigenvalue weighted by atomic mass is 31.2. The number of carbonyl (C=O) groups excluding carboxylic acids is 2. The molecule has 1 N–H and O–H groups in total. The van der Waals surface area contributed by atoms with E-state index in [1.165, 1.54) is 186 Å². The fourth-order valence-corrected chi connectivity index (χ4v) is 9.47. The minimum atomic E-state index is -4.39. The van der Waals surface area contributed by atoms with Gasteiger partial charge in [-0.25, -0.2) is 4.57 Å². The first kappa shape index (κ1) is 69.2. The first-order valence-electron chi connectivity index (χ1n) is 30.2. The molecule has 0 spiro atoms. The maximum absolute atomic E-state index is 12.8. The molecule has 10 heteroatoms. The third-order valence-electron chi connectivity index (χ3n) is 13.4. The molecule has 0 fully saturated rings. The summed E-state index contributed by atoms with van der Waals surface area (Å²) in [5.74, 6) is -0.799. The fraction of sp³-hybridized carbons (Fsp3) is 0.869. The summed E-state index contributed by atoms with van der Waals surface area (Å²) < 4.78 is 34.6. The van der Waals surface area contributed by atoms with Crippen molar-refractivity contribution in [2.45, 2.75) is 296 Å². The second kappa shape index (κ2) is 53.1. The lowest BCUT2D eigenvalue weighted by molar-refractivity contribution is -0.870. The predicted octanol–water partition coefficient (Wildman–Crippen LogP) is 18.8. The lowest BCUT2D eigenvalue weighted by Gasteiger charge is -2.24. The highest BCUT2D eigenvalue weighted by molar-refractivity contribution is 7.47. The van der Waals surface area contributed by atoms with Crippen LogP contribution in [-0.2, 0) is 32.7 Å². The third-order valence-corrected chi connectivity index (χ3v) is 14.4. The number of hydrogen-bond donors (Lipinski definition) is 1. The SMILES string of the molecule is CCCCC/C=C\C/C=C\C/C=C\CCCCCCCCC(=O)OC(COC(=O)CCCCCCCCCCCCCCCCCCCCCCCCCCCCCC)COP(=O)(O)OCC[N+](C)(C)C. The molecule has 0 aromatic carbocycles. The summed E-state index contributed by atoms with van der Waals surface area (Å²) in [6.07, 6.45) is 65.1. The Kier molecular flexibility index (Phi) is 51.7. The molecule has 0 aromatic rings. The molecule has 0 rings (SSSR count). The zero-order valence-corrected chi connectivity index (χ0v) is 48.4. The highest BCUT2D eigenvalue weighted by Crippen LogP contribution is 2.43. The van der Waals surface area contributed by atoms with Crippen molar-refractivity contribution in [3.05, 3.63) is 36.5 Å².